The van der Waals surface area contributed by atoms with Gasteiger partial charge in [0.15, 0.2) is 0 Å². The molecule has 122 valence electrons. The maximum atomic E-state index is 12.0. The summed E-state index contributed by atoms with van der Waals surface area (Å²) in [5, 5.41) is 5.43. The van der Waals surface area contributed by atoms with Gasteiger partial charge in [-0.2, -0.15) is 0 Å². The second-order valence-electron chi connectivity index (χ2n) is 6.07. The number of amides is 3. The molecule has 1 saturated carbocycles. The lowest BCUT2D eigenvalue weighted by molar-refractivity contribution is -0.120. The van der Waals surface area contributed by atoms with E-state index in [4.69, 9.17) is 0 Å². The molecule has 6 nitrogen and oxygen atoms in total. The van der Waals surface area contributed by atoms with Crippen LogP contribution in [0.5, 0.6) is 0 Å². The third-order valence-electron chi connectivity index (χ3n) is 4.12. The zero-order valence-corrected chi connectivity index (χ0v) is 13.0. The molecular weight excluding hydrogens is 294 g/mol. The van der Waals surface area contributed by atoms with Crippen molar-refractivity contribution in [3.05, 3.63) is 29.8 Å². The average Bonchev–Trinajstić information content (AvgIpc) is 3.37. The van der Waals surface area contributed by atoms with Gasteiger partial charge in [0.05, 0.1) is 6.54 Å². The van der Waals surface area contributed by atoms with E-state index in [1.807, 2.05) is 0 Å². The van der Waals surface area contributed by atoms with E-state index in [2.05, 4.69) is 10.6 Å². The van der Waals surface area contributed by atoms with E-state index in [-0.39, 0.29) is 24.3 Å². The number of nitrogens with one attached hydrogen (secondary N) is 2. The van der Waals surface area contributed by atoms with Crippen molar-refractivity contribution in [1.82, 2.24) is 10.6 Å². The fourth-order valence-electron chi connectivity index (χ4n) is 2.64. The first kappa shape index (κ1) is 15.5. The van der Waals surface area contributed by atoms with Gasteiger partial charge in [-0.15, -0.1) is 0 Å². The zero-order valence-electron chi connectivity index (χ0n) is 13.0. The predicted octanol–water partition coefficient (Wildman–Crippen LogP) is 1.21. The minimum absolute atomic E-state index is 0.0122. The number of piperidine rings is 1. The summed E-state index contributed by atoms with van der Waals surface area (Å²) in [5.41, 5.74) is 1.30. The highest BCUT2D eigenvalue weighted by molar-refractivity contribution is 5.98. The molecule has 1 aromatic carbocycles. The van der Waals surface area contributed by atoms with Crippen LogP contribution in [0.1, 0.15) is 42.5 Å². The standard InChI is InChI=1S/C17H21N3O3/c21-15(19-13-6-7-13)11-18-17(23)12-4-8-14(9-5-12)20-10-2-1-3-16(20)22/h4-5,8-9,13H,1-3,6-7,10-11H2,(H,18,23)(H,19,21). The molecule has 23 heavy (non-hydrogen) atoms. The first-order valence-electron chi connectivity index (χ1n) is 8.11. The molecule has 3 amide bonds. The van der Waals surface area contributed by atoms with Crippen LogP contribution in [0.4, 0.5) is 5.69 Å². The number of anilines is 1. The van der Waals surface area contributed by atoms with E-state index in [0.717, 1.165) is 37.9 Å². The van der Waals surface area contributed by atoms with Gasteiger partial charge in [0.1, 0.15) is 0 Å². The molecule has 1 aliphatic carbocycles. The van der Waals surface area contributed by atoms with E-state index >= 15 is 0 Å². The van der Waals surface area contributed by atoms with Crippen molar-refractivity contribution in [2.24, 2.45) is 0 Å². The molecule has 0 atom stereocenters. The van der Waals surface area contributed by atoms with Crippen LogP contribution in [0.15, 0.2) is 24.3 Å². The second kappa shape index (κ2) is 6.81. The topological polar surface area (TPSA) is 78.5 Å². The Morgan fingerprint density at radius 3 is 2.52 bits per heavy atom. The summed E-state index contributed by atoms with van der Waals surface area (Å²) >= 11 is 0. The number of carbonyl (C=O) groups excluding carboxylic acids is 3. The molecular formula is C17H21N3O3. The van der Waals surface area contributed by atoms with Gasteiger partial charge < -0.3 is 15.5 Å². The summed E-state index contributed by atoms with van der Waals surface area (Å²) in [5.74, 6) is -0.311. The molecule has 1 aromatic rings. The Hall–Kier alpha value is -2.37. The van der Waals surface area contributed by atoms with Crippen molar-refractivity contribution in [3.8, 4) is 0 Å². The molecule has 3 rings (SSSR count). The molecule has 1 aliphatic heterocycles. The lowest BCUT2D eigenvalue weighted by Gasteiger charge is -2.26. The van der Waals surface area contributed by atoms with Crippen molar-refractivity contribution in [3.63, 3.8) is 0 Å². The highest BCUT2D eigenvalue weighted by Gasteiger charge is 2.23. The Bertz CT molecular complexity index is 608. The van der Waals surface area contributed by atoms with Gasteiger partial charge in [-0.3, -0.25) is 14.4 Å². The number of nitrogens with zero attached hydrogens (tertiary/aromatic N) is 1. The molecule has 1 saturated heterocycles. The molecule has 0 unspecified atom stereocenters. The normalized spacial score (nSPS) is 17.7. The van der Waals surface area contributed by atoms with E-state index < -0.39 is 0 Å². The van der Waals surface area contributed by atoms with E-state index in [1.165, 1.54) is 0 Å². The van der Waals surface area contributed by atoms with Crippen molar-refractivity contribution >= 4 is 23.4 Å². The highest BCUT2D eigenvalue weighted by Crippen LogP contribution is 2.21. The first-order valence-corrected chi connectivity index (χ1v) is 8.11. The number of hydrogen-bond donors (Lipinski definition) is 2. The summed E-state index contributed by atoms with van der Waals surface area (Å²) in [6, 6.07) is 7.22. The Labute approximate surface area is 135 Å². The second-order valence-corrected chi connectivity index (χ2v) is 6.07. The van der Waals surface area contributed by atoms with Crippen LogP contribution in [0, 0.1) is 0 Å². The fraction of sp³-hybridized carbons (Fsp3) is 0.471. The summed E-state index contributed by atoms with van der Waals surface area (Å²) in [6.45, 7) is 0.716. The van der Waals surface area contributed by atoms with Crippen LogP contribution in [0.3, 0.4) is 0 Å². The van der Waals surface area contributed by atoms with Crippen LogP contribution < -0.4 is 15.5 Å². The van der Waals surface area contributed by atoms with Crippen molar-refractivity contribution < 1.29 is 14.4 Å². The molecule has 0 spiro atoms. The molecule has 2 fully saturated rings. The molecule has 1 heterocycles. The van der Waals surface area contributed by atoms with Gasteiger partial charge >= 0.3 is 0 Å². The maximum Gasteiger partial charge on any atom is 0.251 e. The quantitative estimate of drug-likeness (QED) is 0.857. The SMILES string of the molecule is O=C(CNC(=O)c1ccc(N2CCCCC2=O)cc1)NC1CC1. The summed E-state index contributed by atoms with van der Waals surface area (Å²) in [6.07, 6.45) is 4.58. The Morgan fingerprint density at radius 2 is 1.87 bits per heavy atom. The molecule has 2 N–H and O–H groups in total. The van der Waals surface area contributed by atoms with Gasteiger partial charge in [0, 0.05) is 30.3 Å². The lowest BCUT2D eigenvalue weighted by Crippen LogP contribution is -2.38. The lowest BCUT2D eigenvalue weighted by atomic mass is 10.1. The zero-order chi connectivity index (χ0) is 16.2. The van der Waals surface area contributed by atoms with Crippen molar-refractivity contribution in [2.45, 2.75) is 38.1 Å². The first-order chi connectivity index (χ1) is 11.1. The minimum atomic E-state index is -0.285. The largest absolute Gasteiger partial charge is 0.352 e. The minimum Gasteiger partial charge on any atom is -0.352 e. The van der Waals surface area contributed by atoms with Gasteiger partial charge in [0.2, 0.25) is 11.8 Å². The van der Waals surface area contributed by atoms with Gasteiger partial charge in [-0.25, -0.2) is 0 Å². The Balaban J connectivity index is 1.54. The van der Waals surface area contributed by atoms with Gasteiger partial charge in [-0.05, 0) is 49.9 Å². The molecule has 0 radical (unpaired) electrons. The predicted molar refractivity (Wildman–Crippen MR) is 86.1 cm³/mol. The van der Waals surface area contributed by atoms with Crippen LogP contribution in [-0.4, -0.2) is 36.9 Å². The molecule has 0 aromatic heterocycles. The van der Waals surface area contributed by atoms with Crippen LogP contribution >= 0.6 is 0 Å². The Morgan fingerprint density at radius 1 is 1.13 bits per heavy atom. The van der Waals surface area contributed by atoms with Crippen LogP contribution in [0.25, 0.3) is 0 Å². The molecule has 0 bridgehead atoms. The van der Waals surface area contributed by atoms with E-state index in [1.54, 1.807) is 29.2 Å². The maximum absolute atomic E-state index is 12.0. The molecule has 6 heteroatoms. The van der Waals surface area contributed by atoms with E-state index in [9.17, 15) is 14.4 Å². The monoisotopic (exact) mass is 315 g/mol. The van der Waals surface area contributed by atoms with Crippen molar-refractivity contribution in [1.29, 1.82) is 0 Å². The van der Waals surface area contributed by atoms with Gasteiger partial charge in [-0.1, -0.05) is 0 Å². The highest BCUT2D eigenvalue weighted by atomic mass is 16.2. The fourth-order valence-corrected chi connectivity index (χ4v) is 2.64. The third-order valence-corrected chi connectivity index (χ3v) is 4.12. The van der Waals surface area contributed by atoms with Crippen molar-refractivity contribution in [2.75, 3.05) is 18.0 Å². The van der Waals surface area contributed by atoms with Crippen LogP contribution in [-0.2, 0) is 9.59 Å². The molecule has 2 aliphatic rings. The summed E-state index contributed by atoms with van der Waals surface area (Å²) in [7, 11) is 0. The average molecular weight is 315 g/mol. The summed E-state index contributed by atoms with van der Waals surface area (Å²) < 4.78 is 0. The number of rotatable bonds is 5. The number of benzene rings is 1. The van der Waals surface area contributed by atoms with Crippen LogP contribution in [0.2, 0.25) is 0 Å². The summed E-state index contributed by atoms with van der Waals surface area (Å²) in [4.78, 5) is 37.2. The van der Waals surface area contributed by atoms with E-state index in [0.29, 0.717) is 18.0 Å². The third kappa shape index (κ3) is 4.09. The number of hydrogen-bond acceptors (Lipinski definition) is 3. The Kier molecular flexibility index (Phi) is 4.60. The smallest absolute Gasteiger partial charge is 0.251 e. The number of carbonyl (C=O) groups is 3. The van der Waals surface area contributed by atoms with Gasteiger partial charge in [0.25, 0.3) is 5.91 Å².